The molecule has 1 aromatic heterocycles. The van der Waals surface area contributed by atoms with Crippen molar-refractivity contribution in [3.63, 3.8) is 0 Å². The molecule has 3 N–H and O–H groups in total. The molecule has 2 aromatic carbocycles. The molecule has 116 valence electrons. The zero-order chi connectivity index (χ0) is 16.6. The van der Waals surface area contributed by atoms with Crippen LogP contribution in [0.3, 0.4) is 0 Å². The predicted octanol–water partition coefficient (Wildman–Crippen LogP) is 3.23. The number of benzene rings is 2. The van der Waals surface area contributed by atoms with Gasteiger partial charge in [-0.15, -0.1) is 0 Å². The van der Waals surface area contributed by atoms with Crippen molar-refractivity contribution in [2.45, 2.75) is 6.92 Å². The summed E-state index contributed by atoms with van der Waals surface area (Å²) in [5, 5.41) is 3.22. The highest BCUT2D eigenvalue weighted by atomic mass is 19.1. The first-order chi connectivity index (χ1) is 11.0. The van der Waals surface area contributed by atoms with Gasteiger partial charge in [-0.05, 0) is 49.4 Å². The first-order valence-corrected chi connectivity index (χ1v) is 6.85. The first-order valence-electron chi connectivity index (χ1n) is 6.85. The molecule has 0 saturated carbocycles. The Morgan fingerprint density at radius 1 is 1.13 bits per heavy atom. The lowest BCUT2D eigenvalue weighted by atomic mass is 10.1. The number of hydrogen-bond donors (Lipinski definition) is 2. The number of halogens is 1. The van der Waals surface area contributed by atoms with Crippen LogP contribution in [0.5, 0.6) is 0 Å². The average molecular weight is 312 g/mol. The summed E-state index contributed by atoms with van der Waals surface area (Å²) in [6.45, 7) is 1.69. The molecular weight excluding hydrogens is 299 g/mol. The van der Waals surface area contributed by atoms with Crippen LogP contribution in [0.15, 0.2) is 46.9 Å². The lowest BCUT2D eigenvalue weighted by Crippen LogP contribution is -2.13. The Balaban J connectivity index is 1.88. The topological polar surface area (TPSA) is 85.3 Å². The number of hydrogen-bond acceptors (Lipinski definition) is 3. The van der Waals surface area contributed by atoms with Gasteiger partial charge in [0, 0.05) is 22.2 Å². The molecule has 0 spiro atoms. The molecule has 5 nitrogen and oxygen atoms in total. The molecule has 3 rings (SSSR count). The molecule has 0 bridgehead atoms. The van der Waals surface area contributed by atoms with Crippen LogP contribution >= 0.6 is 0 Å². The van der Waals surface area contributed by atoms with Gasteiger partial charge in [0.25, 0.3) is 5.91 Å². The zero-order valence-electron chi connectivity index (χ0n) is 12.2. The van der Waals surface area contributed by atoms with Crippen LogP contribution in [0.25, 0.3) is 11.0 Å². The summed E-state index contributed by atoms with van der Waals surface area (Å²) < 4.78 is 18.8. The normalized spacial score (nSPS) is 10.7. The number of fused-ring (bicyclic) bond motifs is 1. The van der Waals surface area contributed by atoms with Crippen LogP contribution < -0.4 is 11.1 Å². The number of nitrogens with one attached hydrogen (secondary N) is 1. The average Bonchev–Trinajstić information content (AvgIpc) is 2.85. The molecule has 6 heteroatoms. The van der Waals surface area contributed by atoms with E-state index in [1.165, 1.54) is 30.3 Å². The standard InChI is InChI=1S/C17H13FN2O3/c1-9-13-8-11(18)4-7-14(13)23-15(9)17(22)20-12-5-2-10(3-6-12)16(19)21/h2-8H,1H3,(H2,19,21)(H,20,22). The minimum atomic E-state index is -0.543. The van der Waals surface area contributed by atoms with Crippen molar-refractivity contribution < 1.29 is 18.4 Å². The van der Waals surface area contributed by atoms with Gasteiger partial charge in [-0.1, -0.05) is 0 Å². The number of amides is 2. The second-order valence-corrected chi connectivity index (χ2v) is 5.09. The van der Waals surface area contributed by atoms with Gasteiger partial charge in [0.2, 0.25) is 5.91 Å². The Morgan fingerprint density at radius 2 is 1.83 bits per heavy atom. The van der Waals surface area contributed by atoms with Crippen molar-refractivity contribution in [1.29, 1.82) is 0 Å². The highest BCUT2D eigenvalue weighted by molar-refractivity contribution is 6.06. The largest absolute Gasteiger partial charge is 0.451 e. The van der Waals surface area contributed by atoms with Crippen LogP contribution in [0.1, 0.15) is 26.5 Å². The summed E-state index contributed by atoms with van der Waals surface area (Å²) in [5.74, 6) is -1.27. The number of nitrogens with two attached hydrogens (primary N) is 1. The third-order valence-electron chi connectivity index (χ3n) is 3.53. The van der Waals surface area contributed by atoms with Crippen molar-refractivity contribution in [1.82, 2.24) is 0 Å². The molecule has 23 heavy (non-hydrogen) atoms. The Hall–Kier alpha value is -3.15. The Morgan fingerprint density at radius 3 is 2.48 bits per heavy atom. The smallest absolute Gasteiger partial charge is 0.291 e. The maximum Gasteiger partial charge on any atom is 0.291 e. The van der Waals surface area contributed by atoms with Crippen molar-refractivity contribution in [2.24, 2.45) is 5.73 Å². The first kappa shape index (κ1) is 14.8. The van der Waals surface area contributed by atoms with E-state index >= 15 is 0 Å². The van der Waals surface area contributed by atoms with E-state index in [-0.39, 0.29) is 5.76 Å². The number of rotatable bonds is 3. The molecule has 0 aliphatic rings. The van der Waals surface area contributed by atoms with Crippen molar-refractivity contribution in [2.75, 3.05) is 5.32 Å². The van der Waals surface area contributed by atoms with E-state index in [0.29, 0.717) is 27.8 Å². The van der Waals surface area contributed by atoms with Crippen LogP contribution in [0.4, 0.5) is 10.1 Å². The van der Waals surface area contributed by atoms with E-state index < -0.39 is 17.6 Å². The lowest BCUT2D eigenvalue weighted by molar-refractivity contribution is 0.0992. The Bertz CT molecular complexity index is 913. The summed E-state index contributed by atoms with van der Waals surface area (Å²) in [4.78, 5) is 23.3. The monoisotopic (exact) mass is 312 g/mol. The molecule has 0 unspecified atom stereocenters. The third kappa shape index (κ3) is 2.78. The van der Waals surface area contributed by atoms with Gasteiger partial charge in [0.15, 0.2) is 5.76 Å². The van der Waals surface area contributed by atoms with Gasteiger partial charge in [-0.25, -0.2) is 4.39 Å². The number of furan rings is 1. The number of anilines is 1. The molecule has 0 fully saturated rings. The highest BCUT2D eigenvalue weighted by Crippen LogP contribution is 2.26. The van der Waals surface area contributed by atoms with Gasteiger partial charge in [0.1, 0.15) is 11.4 Å². The van der Waals surface area contributed by atoms with Gasteiger partial charge in [-0.2, -0.15) is 0 Å². The number of primary amides is 1. The van der Waals surface area contributed by atoms with E-state index in [9.17, 15) is 14.0 Å². The zero-order valence-corrected chi connectivity index (χ0v) is 12.2. The maximum absolute atomic E-state index is 13.3. The van der Waals surface area contributed by atoms with E-state index in [1.807, 2.05) is 0 Å². The molecule has 0 aliphatic carbocycles. The molecule has 0 saturated heterocycles. The van der Waals surface area contributed by atoms with Crippen LogP contribution in [0, 0.1) is 12.7 Å². The van der Waals surface area contributed by atoms with Gasteiger partial charge in [-0.3, -0.25) is 9.59 Å². The second-order valence-electron chi connectivity index (χ2n) is 5.09. The van der Waals surface area contributed by atoms with Gasteiger partial charge < -0.3 is 15.5 Å². The molecule has 0 radical (unpaired) electrons. The fraction of sp³-hybridized carbons (Fsp3) is 0.0588. The van der Waals surface area contributed by atoms with E-state index in [4.69, 9.17) is 10.2 Å². The molecule has 2 amide bonds. The van der Waals surface area contributed by atoms with Crippen molar-refractivity contribution in [3.05, 3.63) is 65.2 Å². The second kappa shape index (κ2) is 5.57. The minimum Gasteiger partial charge on any atom is -0.451 e. The van der Waals surface area contributed by atoms with Gasteiger partial charge in [0.05, 0.1) is 0 Å². The summed E-state index contributed by atoms with van der Waals surface area (Å²) in [5.41, 5.74) is 7.00. The van der Waals surface area contributed by atoms with Gasteiger partial charge >= 0.3 is 0 Å². The van der Waals surface area contributed by atoms with Crippen molar-refractivity contribution in [3.8, 4) is 0 Å². The quantitative estimate of drug-likeness (QED) is 0.778. The fourth-order valence-electron chi connectivity index (χ4n) is 2.32. The van der Waals surface area contributed by atoms with Crippen LogP contribution in [-0.2, 0) is 0 Å². The van der Waals surface area contributed by atoms with Crippen LogP contribution in [0.2, 0.25) is 0 Å². The number of aryl methyl sites for hydroxylation is 1. The van der Waals surface area contributed by atoms with Crippen molar-refractivity contribution >= 4 is 28.5 Å². The summed E-state index contributed by atoms with van der Waals surface area (Å²) >= 11 is 0. The third-order valence-corrected chi connectivity index (χ3v) is 3.53. The van der Waals surface area contributed by atoms with Crippen LogP contribution in [-0.4, -0.2) is 11.8 Å². The SMILES string of the molecule is Cc1c(C(=O)Nc2ccc(C(N)=O)cc2)oc2ccc(F)cc12. The maximum atomic E-state index is 13.3. The lowest BCUT2D eigenvalue weighted by Gasteiger charge is -2.04. The molecule has 3 aromatic rings. The Labute approximate surface area is 130 Å². The molecule has 0 atom stereocenters. The predicted molar refractivity (Wildman–Crippen MR) is 83.8 cm³/mol. The summed E-state index contributed by atoms with van der Waals surface area (Å²) in [6.07, 6.45) is 0. The fourth-order valence-corrected chi connectivity index (χ4v) is 2.32. The Kier molecular flexibility index (Phi) is 3.57. The summed E-state index contributed by atoms with van der Waals surface area (Å²) in [7, 11) is 0. The van der Waals surface area contributed by atoms with E-state index in [1.54, 1.807) is 19.1 Å². The number of carbonyl (C=O) groups excluding carboxylic acids is 2. The number of carbonyl (C=O) groups is 2. The molecular formula is C17H13FN2O3. The highest BCUT2D eigenvalue weighted by Gasteiger charge is 2.18. The minimum absolute atomic E-state index is 0.115. The molecule has 0 aliphatic heterocycles. The summed E-state index contributed by atoms with van der Waals surface area (Å²) in [6, 6.07) is 10.2. The molecule has 1 heterocycles. The van der Waals surface area contributed by atoms with E-state index in [0.717, 1.165) is 0 Å². The van der Waals surface area contributed by atoms with E-state index in [2.05, 4.69) is 5.32 Å².